The third kappa shape index (κ3) is 6.75. The van der Waals surface area contributed by atoms with Crippen LogP contribution in [0.25, 0.3) is 0 Å². The molecule has 1 aromatic rings. The molecule has 0 aliphatic carbocycles. The van der Waals surface area contributed by atoms with Crippen LogP contribution in [-0.2, 0) is 25.6 Å². The van der Waals surface area contributed by atoms with Crippen LogP contribution in [-0.4, -0.2) is 44.5 Å². The third-order valence-electron chi connectivity index (χ3n) is 3.70. The molecule has 2 atom stereocenters. The van der Waals surface area contributed by atoms with E-state index in [4.69, 9.17) is 19.9 Å². The van der Waals surface area contributed by atoms with Gasteiger partial charge >= 0.3 is 0 Å². The number of amides is 1. The molecule has 1 fully saturated rings. The van der Waals surface area contributed by atoms with E-state index >= 15 is 0 Å². The van der Waals surface area contributed by atoms with Crippen LogP contribution in [0.1, 0.15) is 25.3 Å². The molecule has 3 N–H and O–H groups in total. The number of nitrogens with one attached hydrogen (secondary N) is 1. The maximum absolute atomic E-state index is 12.2. The SMILES string of the molecule is CCOCCOCc1cccc(NC(=O)[C@@H]2CC[C@H](CN)O2)c1.Cl. The van der Waals surface area contributed by atoms with Gasteiger partial charge in [0.2, 0.25) is 0 Å². The van der Waals surface area contributed by atoms with Crippen molar-refractivity contribution in [1.82, 2.24) is 0 Å². The van der Waals surface area contributed by atoms with Crippen molar-refractivity contribution in [1.29, 1.82) is 0 Å². The van der Waals surface area contributed by atoms with Crippen molar-refractivity contribution in [2.75, 3.05) is 31.7 Å². The van der Waals surface area contributed by atoms with Crippen molar-refractivity contribution in [3.63, 3.8) is 0 Å². The van der Waals surface area contributed by atoms with Gasteiger partial charge in [-0.2, -0.15) is 0 Å². The van der Waals surface area contributed by atoms with E-state index in [9.17, 15) is 4.79 Å². The molecule has 7 heteroatoms. The summed E-state index contributed by atoms with van der Waals surface area (Å²) in [4.78, 5) is 12.2. The highest BCUT2D eigenvalue weighted by atomic mass is 35.5. The molecule has 1 saturated heterocycles. The van der Waals surface area contributed by atoms with Crippen molar-refractivity contribution in [3.05, 3.63) is 29.8 Å². The van der Waals surface area contributed by atoms with Crippen LogP contribution in [0.15, 0.2) is 24.3 Å². The summed E-state index contributed by atoms with van der Waals surface area (Å²) in [6.45, 7) is 4.74. The molecule has 1 aromatic carbocycles. The second kappa shape index (κ2) is 11.4. The van der Waals surface area contributed by atoms with E-state index in [0.29, 0.717) is 39.4 Å². The first kappa shape index (κ1) is 20.9. The zero-order valence-electron chi connectivity index (χ0n) is 14.0. The minimum absolute atomic E-state index is 0. The number of benzene rings is 1. The number of anilines is 1. The van der Waals surface area contributed by atoms with Crippen molar-refractivity contribution in [2.45, 2.75) is 38.6 Å². The maximum Gasteiger partial charge on any atom is 0.253 e. The molecular weight excluding hydrogens is 332 g/mol. The molecule has 0 radical (unpaired) electrons. The third-order valence-corrected chi connectivity index (χ3v) is 3.70. The van der Waals surface area contributed by atoms with Gasteiger partial charge in [-0.05, 0) is 37.5 Å². The first-order chi connectivity index (χ1) is 11.2. The van der Waals surface area contributed by atoms with Gasteiger partial charge in [-0.3, -0.25) is 4.79 Å². The fraction of sp³-hybridized carbons (Fsp3) is 0.588. The highest BCUT2D eigenvalue weighted by molar-refractivity contribution is 5.94. The Balaban J connectivity index is 0.00000288. The fourth-order valence-electron chi connectivity index (χ4n) is 2.49. The number of halogens is 1. The normalized spacial score (nSPS) is 19.8. The molecule has 1 heterocycles. The Morgan fingerprint density at radius 2 is 2.12 bits per heavy atom. The van der Waals surface area contributed by atoms with E-state index in [0.717, 1.165) is 17.7 Å². The largest absolute Gasteiger partial charge is 0.379 e. The quantitative estimate of drug-likeness (QED) is 0.660. The number of carbonyl (C=O) groups is 1. The summed E-state index contributed by atoms with van der Waals surface area (Å²) in [6.07, 6.45) is 1.14. The van der Waals surface area contributed by atoms with Crippen molar-refractivity contribution in [3.8, 4) is 0 Å². The average molecular weight is 359 g/mol. The van der Waals surface area contributed by atoms with Crippen LogP contribution in [0, 0.1) is 0 Å². The minimum Gasteiger partial charge on any atom is -0.379 e. The lowest BCUT2D eigenvalue weighted by molar-refractivity contribution is -0.126. The Bertz CT molecular complexity index is 501. The Morgan fingerprint density at radius 1 is 1.33 bits per heavy atom. The van der Waals surface area contributed by atoms with Gasteiger partial charge in [0.15, 0.2) is 0 Å². The van der Waals surface area contributed by atoms with Gasteiger partial charge < -0.3 is 25.3 Å². The summed E-state index contributed by atoms with van der Waals surface area (Å²) in [6, 6.07) is 7.63. The highest BCUT2D eigenvalue weighted by Gasteiger charge is 2.29. The zero-order valence-corrected chi connectivity index (χ0v) is 14.8. The van der Waals surface area contributed by atoms with E-state index < -0.39 is 6.10 Å². The Labute approximate surface area is 149 Å². The summed E-state index contributed by atoms with van der Waals surface area (Å²) < 4.78 is 16.4. The standard InChI is InChI=1S/C17H26N2O4.ClH/c1-2-21-8-9-22-12-13-4-3-5-14(10-13)19-17(20)16-7-6-15(11-18)23-16;/h3-5,10,15-16H,2,6-9,11-12,18H2,1H3,(H,19,20);1H/t15-,16+;/m1./s1. The van der Waals surface area contributed by atoms with Crippen molar-refractivity contribution in [2.24, 2.45) is 5.73 Å². The van der Waals surface area contributed by atoms with Gasteiger partial charge in [0.1, 0.15) is 6.10 Å². The smallest absolute Gasteiger partial charge is 0.253 e. The van der Waals surface area contributed by atoms with Crippen molar-refractivity contribution >= 4 is 24.0 Å². The summed E-state index contributed by atoms with van der Waals surface area (Å²) in [5.74, 6) is -0.115. The van der Waals surface area contributed by atoms with Crippen LogP contribution in [0.4, 0.5) is 5.69 Å². The minimum atomic E-state index is -0.408. The molecule has 0 saturated carbocycles. The number of hydrogen-bond donors (Lipinski definition) is 2. The second-order valence-corrected chi connectivity index (χ2v) is 5.50. The highest BCUT2D eigenvalue weighted by Crippen LogP contribution is 2.21. The second-order valence-electron chi connectivity index (χ2n) is 5.50. The molecule has 136 valence electrons. The predicted molar refractivity (Wildman–Crippen MR) is 95.4 cm³/mol. The number of nitrogens with two attached hydrogens (primary N) is 1. The van der Waals surface area contributed by atoms with E-state index in [1.54, 1.807) is 0 Å². The van der Waals surface area contributed by atoms with Crippen LogP contribution in [0.2, 0.25) is 0 Å². The summed E-state index contributed by atoms with van der Waals surface area (Å²) >= 11 is 0. The number of hydrogen-bond acceptors (Lipinski definition) is 5. The number of carbonyl (C=O) groups excluding carboxylic acids is 1. The number of rotatable bonds is 9. The molecule has 2 rings (SSSR count). The zero-order chi connectivity index (χ0) is 16.5. The molecule has 1 aliphatic rings. The summed E-state index contributed by atoms with van der Waals surface area (Å²) in [7, 11) is 0. The molecule has 1 amide bonds. The van der Waals surface area contributed by atoms with Gasteiger partial charge in [0, 0.05) is 18.8 Å². The Hall–Kier alpha value is -1.18. The molecule has 24 heavy (non-hydrogen) atoms. The average Bonchev–Trinajstić information content (AvgIpc) is 3.04. The molecule has 6 nitrogen and oxygen atoms in total. The monoisotopic (exact) mass is 358 g/mol. The first-order valence-corrected chi connectivity index (χ1v) is 8.13. The van der Waals surface area contributed by atoms with E-state index in [1.807, 2.05) is 31.2 Å². The van der Waals surface area contributed by atoms with Gasteiger partial charge in [0.05, 0.1) is 25.9 Å². The van der Waals surface area contributed by atoms with Crippen LogP contribution in [0.3, 0.4) is 0 Å². The fourth-order valence-corrected chi connectivity index (χ4v) is 2.49. The van der Waals surface area contributed by atoms with Gasteiger partial charge in [0.25, 0.3) is 5.91 Å². The first-order valence-electron chi connectivity index (χ1n) is 8.13. The Morgan fingerprint density at radius 3 is 2.83 bits per heavy atom. The lowest BCUT2D eigenvalue weighted by atomic mass is 10.1. The van der Waals surface area contributed by atoms with Crippen LogP contribution >= 0.6 is 12.4 Å². The lowest BCUT2D eigenvalue weighted by Gasteiger charge is -2.13. The van der Waals surface area contributed by atoms with Gasteiger partial charge in [-0.25, -0.2) is 0 Å². The summed E-state index contributed by atoms with van der Waals surface area (Å²) in [5, 5.41) is 2.89. The van der Waals surface area contributed by atoms with E-state index in [1.165, 1.54) is 0 Å². The molecule has 0 aromatic heterocycles. The van der Waals surface area contributed by atoms with Crippen molar-refractivity contribution < 1.29 is 19.0 Å². The van der Waals surface area contributed by atoms with E-state index in [2.05, 4.69) is 5.32 Å². The topological polar surface area (TPSA) is 82.8 Å². The molecule has 0 unspecified atom stereocenters. The number of ether oxygens (including phenoxy) is 3. The predicted octanol–water partition coefficient (Wildman–Crippen LogP) is 2.11. The summed E-state index contributed by atoms with van der Waals surface area (Å²) in [5.41, 5.74) is 7.32. The molecule has 0 bridgehead atoms. The van der Waals surface area contributed by atoms with Gasteiger partial charge in [-0.1, -0.05) is 12.1 Å². The molecule has 0 spiro atoms. The van der Waals surface area contributed by atoms with Crippen LogP contribution in [0.5, 0.6) is 0 Å². The van der Waals surface area contributed by atoms with Gasteiger partial charge in [-0.15, -0.1) is 12.4 Å². The van der Waals surface area contributed by atoms with Crippen LogP contribution < -0.4 is 11.1 Å². The molecule has 1 aliphatic heterocycles. The maximum atomic E-state index is 12.2. The Kier molecular flexibility index (Phi) is 9.90. The molecular formula is C17H27ClN2O4. The van der Waals surface area contributed by atoms with E-state index in [-0.39, 0.29) is 24.4 Å². The lowest BCUT2D eigenvalue weighted by Crippen LogP contribution is -2.29.